The number of amides is 2. The van der Waals surface area contributed by atoms with Crippen molar-refractivity contribution in [1.82, 2.24) is 10.6 Å². The van der Waals surface area contributed by atoms with E-state index >= 15 is 0 Å². The average Bonchev–Trinajstić information content (AvgIpc) is 3.25. The van der Waals surface area contributed by atoms with E-state index in [4.69, 9.17) is 0 Å². The van der Waals surface area contributed by atoms with Crippen molar-refractivity contribution < 1.29 is 19.8 Å². The molecule has 0 heterocycles. The number of carbonyl (C=O) groups excluding carboxylic acids is 2. The molecule has 0 aromatic heterocycles. The number of rotatable bonds is 12. The Kier molecular flexibility index (Phi) is 10.0. The van der Waals surface area contributed by atoms with E-state index in [9.17, 15) is 19.8 Å². The SMILES string of the molecule is CCC(O)(CC)[C@H](NC(=O)C1(C(=O)N[C@H](C(C)C)C(O)(CC)CC)CCCC1)C(C)C. The lowest BCUT2D eigenvalue weighted by atomic mass is 9.77. The molecule has 0 aromatic carbocycles. The van der Waals surface area contributed by atoms with Crippen LogP contribution in [0.15, 0.2) is 0 Å². The summed E-state index contributed by atoms with van der Waals surface area (Å²) in [5.41, 5.74) is -3.17. The van der Waals surface area contributed by atoms with Gasteiger partial charge in [0, 0.05) is 0 Å². The zero-order valence-corrected chi connectivity index (χ0v) is 21.2. The van der Waals surface area contributed by atoms with Gasteiger partial charge in [0.25, 0.3) is 0 Å². The summed E-state index contributed by atoms with van der Waals surface area (Å²) in [6.45, 7) is 15.6. The zero-order valence-electron chi connectivity index (χ0n) is 21.2. The number of aliphatic hydroxyl groups is 2. The maximum Gasteiger partial charge on any atom is 0.236 e. The van der Waals surface area contributed by atoms with Gasteiger partial charge in [0.1, 0.15) is 5.41 Å². The van der Waals surface area contributed by atoms with Gasteiger partial charge < -0.3 is 20.8 Å². The van der Waals surface area contributed by atoms with Crippen LogP contribution in [0.5, 0.6) is 0 Å². The Morgan fingerprint density at radius 3 is 1.26 bits per heavy atom. The van der Waals surface area contributed by atoms with Crippen LogP contribution in [0.4, 0.5) is 0 Å². The van der Waals surface area contributed by atoms with Crippen LogP contribution in [-0.2, 0) is 9.59 Å². The Morgan fingerprint density at radius 2 is 1.03 bits per heavy atom. The van der Waals surface area contributed by atoms with Crippen molar-refractivity contribution in [2.75, 3.05) is 0 Å². The van der Waals surface area contributed by atoms with Gasteiger partial charge in [0.15, 0.2) is 0 Å². The van der Waals surface area contributed by atoms with Crippen molar-refractivity contribution in [3.8, 4) is 0 Å². The number of hydrogen-bond donors (Lipinski definition) is 4. The molecule has 2 amide bonds. The molecule has 1 saturated carbocycles. The molecule has 0 saturated heterocycles. The molecule has 31 heavy (non-hydrogen) atoms. The lowest BCUT2D eigenvalue weighted by Gasteiger charge is -2.42. The van der Waals surface area contributed by atoms with E-state index in [1.807, 2.05) is 55.4 Å². The first-order chi connectivity index (χ1) is 14.4. The van der Waals surface area contributed by atoms with E-state index in [1.165, 1.54) is 0 Å². The third-order valence-electron chi connectivity index (χ3n) is 7.84. The van der Waals surface area contributed by atoms with Gasteiger partial charge in [-0.25, -0.2) is 0 Å². The monoisotopic (exact) mass is 440 g/mol. The highest BCUT2D eigenvalue weighted by Gasteiger charge is 2.51. The van der Waals surface area contributed by atoms with Crippen molar-refractivity contribution in [3.63, 3.8) is 0 Å². The fraction of sp³-hybridized carbons (Fsp3) is 0.920. The molecule has 0 aromatic rings. The molecule has 1 aliphatic rings. The van der Waals surface area contributed by atoms with Gasteiger partial charge in [-0.05, 0) is 50.4 Å². The molecule has 0 radical (unpaired) electrons. The van der Waals surface area contributed by atoms with Gasteiger partial charge in [-0.3, -0.25) is 9.59 Å². The molecule has 1 fully saturated rings. The molecule has 0 aliphatic heterocycles. The fourth-order valence-corrected chi connectivity index (χ4v) is 5.32. The zero-order chi connectivity index (χ0) is 24.0. The molecule has 6 heteroatoms. The predicted octanol–water partition coefficient (Wildman–Crippen LogP) is 3.93. The highest BCUT2D eigenvalue weighted by atomic mass is 16.3. The van der Waals surface area contributed by atoms with Gasteiger partial charge in [-0.2, -0.15) is 0 Å². The van der Waals surface area contributed by atoms with Crippen molar-refractivity contribution in [2.24, 2.45) is 17.3 Å². The third kappa shape index (κ3) is 5.81. The van der Waals surface area contributed by atoms with Crippen LogP contribution in [0, 0.1) is 17.3 Å². The Morgan fingerprint density at radius 1 is 0.742 bits per heavy atom. The van der Waals surface area contributed by atoms with Gasteiger partial charge in [-0.1, -0.05) is 68.2 Å². The number of nitrogens with one attached hydrogen (secondary N) is 2. The molecule has 0 spiro atoms. The Balaban J connectivity index is 3.22. The van der Waals surface area contributed by atoms with E-state index in [-0.39, 0.29) is 23.7 Å². The van der Waals surface area contributed by atoms with Crippen molar-refractivity contribution in [1.29, 1.82) is 0 Å². The van der Waals surface area contributed by atoms with Crippen LogP contribution in [-0.4, -0.2) is 45.3 Å². The molecule has 2 atom stereocenters. The van der Waals surface area contributed by atoms with Crippen LogP contribution in [0.25, 0.3) is 0 Å². The maximum atomic E-state index is 13.6. The molecule has 182 valence electrons. The lowest BCUT2D eigenvalue weighted by molar-refractivity contribution is -0.148. The first-order valence-electron chi connectivity index (χ1n) is 12.4. The van der Waals surface area contributed by atoms with Crippen LogP contribution >= 0.6 is 0 Å². The Bertz CT molecular complexity index is 542. The van der Waals surface area contributed by atoms with E-state index in [0.29, 0.717) is 38.5 Å². The minimum Gasteiger partial charge on any atom is -0.388 e. The molecule has 0 unspecified atom stereocenters. The van der Waals surface area contributed by atoms with E-state index in [1.54, 1.807) is 0 Å². The Hall–Kier alpha value is -1.14. The summed E-state index contributed by atoms with van der Waals surface area (Å²) in [7, 11) is 0. The molecule has 1 aliphatic carbocycles. The predicted molar refractivity (Wildman–Crippen MR) is 126 cm³/mol. The maximum absolute atomic E-state index is 13.6. The van der Waals surface area contributed by atoms with Crippen LogP contribution in [0.1, 0.15) is 107 Å². The summed E-state index contributed by atoms with van der Waals surface area (Å²) in [5.74, 6) is -0.519. The first-order valence-corrected chi connectivity index (χ1v) is 12.4. The van der Waals surface area contributed by atoms with Gasteiger partial charge in [-0.15, -0.1) is 0 Å². The molecular formula is C25H48N2O4. The number of carbonyl (C=O) groups is 2. The second-order valence-corrected chi connectivity index (χ2v) is 10.3. The lowest BCUT2D eigenvalue weighted by Crippen LogP contribution is -2.62. The fourth-order valence-electron chi connectivity index (χ4n) is 5.32. The highest BCUT2D eigenvalue weighted by molar-refractivity contribution is 6.05. The number of hydrogen-bond acceptors (Lipinski definition) is 4. The summed E-state index contributed by atoms with van der Waals surface area (Å²) >= 11 is 0. The van der Waals surface area contributed by atoms with Crippen LogP contribution < -0.4 is 10.6 Å². The van der Waals surface area contributed by atoms with Gasteiger partial charge in [0.05, 0.1) is 23.3 Å². The van der Waals surface area contributed by atoms with E-state index in [2.05, 4.69) is 10.6 Å². The highest BCUT2D eigenvalue weighted by Crippen LogP contribution is 2.40. The first kappa shape index (κ1) is 27.9. The topological polar surface area (TPSA) is 98.7 Å². The molecule has 4 N–H and O–H groups in total. The second kappa shape index (κ2) is 11.1. The van der Waals surface area contributed by atoms with Crippen LogP contribution in [0.2, 0.25) is 0 Å². The van der Waals surface area contributed by atoms with Crippen molar-refractivity contribution in [2.45, 2.75) is 130 Å². The molecular weight excluding hydrogens is 392 g/mol. The minimum absolute atomic E-state index is 0.0315. The minimum atomic E-state index is -1.15. The average molecular weight is 441 g/mol. The Labute approximate surface area is 190 Å². The third-order valence-corrected chi connectivity index (χ3v) is 7.84. The molecule has 6 nitrogen and oxygen atoms in total. The van der Waals surface area contributed by atoms with Crippen molar-refractivity contribution in [3.05, 3.63) is 0 Å². The summed E-state index contributed by atoms with van der Waals surface area (Å²) in [5, 5.41) is 28.4. The quantitative estimate of drug-likeness (QED) is 0.346. The summed E-state index contributed by atoms with van der Waals surface area (Å²) in [4.78, 5) is 27.2. The van der Waals surface area contributed by atoms with Gasteiger partial charge >= 0.3 is 0 Å². The summed E-state index contributed by atoms with van der Waals surface area (Å²) < 4.78 is 0. The second-order valence-electron chi connectivity index (χ2n) is 10.3. The largest absolute Gasteiger partial charge is 0.388 e. The van der Waals surface area contributed by atoms with Crippen LogP contribution in [0.3, 0.4) is 0 Å². The van der Waals surface area contributed by atoms with E-state index < -0.39 is 28.7 Å². The standard InChI is InChI=1S/C25H48N2O4/c1-9-24(30,10-2)19(17(5)6)26-21(28)23(15-13-14-16-23)22(29)27-20(18(7)8)25(31,11-3)12-4/h17-20,30-31H,9-16H2,1-8H3,(H,26,28)(H,27,29)/t19-,20-/m1/s1. The smallest absolute Gasteiger partial charge is 0.236 e. The normalized spacial score (nSPS) is 18.8. The summed E-state index contributed by atoms with van der Waals surface area (Å²) in [6, 6.07) is -0.853. The van der Waals surface area contributed by atoms with Crippen molar-refractivity contribution >= 4 is 11.8 Å². The van der Waals surface area contributed by atoms with E-state index in [0.717, 1.165) is 12.8 Å². The van der Waals surface area contributed by atoms with Gasteiger partial charge in [0.2, 0.25) is 11.8 Å². The summed E-state index contributed by atoms with van der Waals surface area (Å²) in [6.07, 6.45) is 4.74. The molecule has 0 bridgehead atoms. The molecule has 1 rings (SSSR count).